The summed E-state index contributed by atoms with van der Waals surface area (Å²) in [5.74, 6) is 0.491. The number of anilines is 1. The van der Waals surface area contributed by atoms with Crippen molar-refractivity contribution in [1.29, 1.82) is 0 Å². The van der Waals surface area contributed by atoms with Crippen LogP contribution in [-0.2, 0) is 4.79 Å². The van der Waals surface area contributed by atoms with Gasteiger partial charge in [-0.15, -0.1) is 0 Å². The number of carbonyl (C=O) groups is 1. The van der Waals surface area contributed by atoms with E-state index in [1.165, 1.54) is 11.5 Å². The number of hydrogen-bond acceptors (Lipinski definition) is 5. The Kier molecular flexibility index (Phi) is 2.37. The zero-order chi connectivity index (χ0) is 10.1. The molecule has 0 spiro atoms. The third-order valence-electron chi connectivity index (χ3n) is 2.09. The normalized spacial score (nSPS) is 17.8. The van der Waals surface area contributed by atoms with E-state index in [-0.39, 0.29) is 0 Å². The number of nitrogens with zero attached hydrogens (tertiary/aromatic N) is 2. The molecule has 0 radical (unpaired) electrons. The van der Waals surface area contributed by atoms with Crippen LogP contribution in [0, 0.1) is 0 Å². The van der Waals surface area contributed by atoms with Crippen LogP contribution in [0.1, 0.15) is 31.5 Å². The van der Waals surface area contributed by atoms with Crippen LogP contribution in [0.2, 0.25) is 0 Å². The minimum atomic E-state index is -0.881. The first-order valence-corrected chi connectivity index (χ1v) is 5.27. The third-order valence-corrected chi connectivity index (χ3v) is 2.76. The van der Waals surface area contributed by atoms with Crippen LogP contribution in [0.15, 0.2) is 0 Å². The molecule has 1 aliphatic rings. The molecule has 6 heteroatoms. The predicted octanol–water partition coefficient (Wildman–Crippen LogP) is 1.30. The summed E-state index contributed by atoms with van der Waals surface area (Å²) in [4.78, 5) is 14.8. The molecule has 2 N–H and O–H groups in total. The van der Waals surface area contributed by atoms with Crippen molar-refractivity contribution in [3.05, 3.63) is 5.82 Å². The summed E-state index contributed by atoms with van der Waals surface area (Å²) in [6.07, 6.45) is 2.31. The van der Waals surface area contributed by atoms with Crippen LogP contribution in [0.3, 0.4) is 0 Å². The molecule has 1 saturated carbocycles. The predicted molar refractivity (Wildman–Crippen MR) is 52.6 cm³/mol. The first kappa shape index (κ1) is 9.39. The molecule has 0 aromatic carbocycles. The van der Waals surface area contributed by atoms with Gasteiger partial charge in [0.05, 0.1) is 0 Å². The molecule has 1 unspecified atom stereocenters. The van der Waals surface area contributed by atoms with E-state index in [4.69, 9.17) is 5.11 Å². The van der Waals surface area contributed by atoms with Gasteiger partial charge in [-0.05, 0) is 19.8 Å². The molecule has 1 heterocycles. The van der Waals surface area contributed by atoms with Gasteiger partial charge in [-0.2, -0.15) is 4.37 Å². The van der Waals surface area contributed by atoms with Gasteiger partial charge in [-0.1, -0.05) is 0 Å². The summed E-state index contributed by atoms with van der Waals surface area (Å²) in [6.45, 7) is 1.58. The van der Waals surface area contributed by atoms with Gasteiger partial charge in [0.1, 0.15) is 11.9 Å². The Bertz CT molecular complexity index is 348. The number of carboxylic acids is 1. The van der Waals surface area contributed by atoms with Crippen LogP contribution < -0.4 is 5.32 Å². The van der Waals surface area contributed by atoms with E-state index in [9.17, 15) is 4.79 Å². The topological polar surface area (TPSA) is 75.1 Å². The lowest BCUT2D eigenvalue weighted by Gasteiger charge is -2.05. The fourth-order valence-electron chi connectivity index (χ4n) is 1.05. The molecule has 5 nitrogen and oxygen atoms in total. The van der Waals surface area contributed by atoms with E-state index < -0.39 is 12.0 Å². The van der Waals surface area contributed by atoms with Crippen LogP contribution in [-0.4, -0.2) is 26.5 Å². The van der Waals surface area contributed by atoms with Gasteiger partial charge in [-0.25, -0.2) is 4.98 Å². The fourth-order valence-corrected chi connectivity index (χ4v) is 1.78. The largest absolute Gasteiger partial charge is 0.480 e. The van der Waals surface area contributed by atoms with Crippen molar-refractivity contribution in [2.45, 2.75) is 31.7 Å². The van der Waals surface area contributed by atoms with Gasteiger partial charge >= 0.3 is 5.97 Å². The minimum absolute atomic E-state index is 0.516. The summed E-state index contributed by atoms with van der Waals surface area (Å²) in [6, 6.07) is -0.616. The minimum Gasteiger partial charge on any atom is -0.480 e. The van der Waals surface area contributed by atoms with Crippen molar-refractivity contribution in [2.75, 3.05) is 5.32 Å². The third kappa shape index (κ3) is 2.01. The highest BCUT2D eigenvalue weighted by Crippen LogP contribution is 2.39. The number of nitrogens with one attached hydrogen (secondary N) is 1. The molecule has 0 bridgehead atoms. The highest BCUT2D eigenvalue weighted by molar-refractivity contribution is 7.09. The van der Waals surface area contributed by atoms with Gasteiger partial charge in [0.2, 0.25) is 5.13 Å². The Balaban J connectivity index is 1.98. The molecule has 0 saturated heterocycles. The molecule has 0 aliphatic heterocycles. The smallest absolute Gasteiger partial charge is 0.325 e. The van der Waals surface area contributed by atoms with Gasteiger partial charge in [0.15, 0.2) is 0 Å². The molecule has 76 valence electrons. The van der Waals surface area contributed by atoms with Crippen molar-refractivity contribution in [2.24, 2.45) is 0 Å². The lowest BCUT2D eigenvalue weighted by Crippen LogP contribution is -2.25. The Morgan fingerprint density at radius 3 is 3.00 bits per heavy atom. The Hall–Kier alpha value is -1.17. The highest BCUT2D eigenvalue weighted by atomic mass is 32.1. The number of rotatable bonds is 4. The fraction of sp³-hybridized carbons (Fsp3) is 0.625. The monoisotopic (exact) mass is 213 g/mol. The SMILES string of the molecule is CC(Nc1nc(C2CC2)ns1)C(=O)O. The summed E-state index contributed by atoms with van der Waals surface area (Å²) in [5, 5.41) is 12.1. The average molecular weight is 213 g/mol. The average Bonchev–Trinajstić information content (AvgIpc) is 2.88. The van der Waals surface area contributed by atoms with Crippen LogP contribution in [0.25, 0.3) is 0 Å². The quantitative estimate of drug-likeness (QED) is 0.788. The van der Waals surface area contributed by atoms with E-state index in [0.29, 0.717) is 11.0 Å². The van der Waals surface area contributed by atoms with E-state index in [1.807, 2.05) is 0 Å². The summed E-state index contributed by atoms with van der Waals surface area (Å²) >= 11 is 1.23. The van der Waals surface area contributed by atoms with Crippen molar-refractivity contribution in [3.63, 3.8) is 0 Å². The molecular formula is C8H11N3O2S. The number of aromatic nitrogens is 2. The summed E-state index contributed by atoms with van der Waals surface area (Å²) in [7, 11) is 0. The molecule has 14 heavy (non-hydrogen) atoms. The first-order valence-electron chi connectivity index (χ1n) is 4.50. The Morgan fingerprint density at radius 2 is 2.43 bits per heavy atom. The lowest BCUT2D eigenvalue weighted by molar-refractivity contribution is -0.137. The van der Waals surface area contributed by atoms with Crippen molar-refractivity contribution in [1.82, 2.24) is 9.36 Å². The second kappa shape index (κ2) is 3.53. The zero-order valence-electron chi connectivity index (χ0n) is 7.73. The van der Waals surface area contributed by atoms with Gasteiger partial charge in [0, 0.05) is 17.5 Å². The molecule has 1 fully saturated rings. The zero-order valence-corrected chi connectivity index (χ0v) is 8.54. The Labute approximate surface area is 85.3 Å². The van der Waals surface area contributed by atoms with Crippen LogP contribution in [0.4, 0.5) is 5.13 Å². The van der Waals surface area contributed by atoms with Crippen molar-refractivity contribution >= 4 is 22.6 Å². The molecule has 1 atom stereocenters. The Morgan fingerprint density at radius 1 is 1.71 bits per heavy atom. The van der Waals surface area contributed by atoms with Gasteiger partial charge in [-0.3, -0.25) is 4.79 Å². The standard InChI is InChI=1S/C8H11N3O2S/c1-4(7(12)13)9-8-10-6(11-14-8)5-2-3-5/h4-5H,2-3H2,1H3,(H,12,13)(H,9,10,11). The first-order chi connectivity index (χ1) is 6.66. The highest BCUT2D eigenvalue weighted by Gasteiger charge is 2.28. The molecule has 2 rings (SSSR count). The second-order valence-electron chi connectivity index (χ2n) is 3.44. The molecular weight excluding hydrogens is 202 g/mol. The van der Waals surface area contributed by atoms with E-state index in [2.05, 4.69) is 14.7 Å². The lowest BCUT2D eigenvalue weighted by atomic mass is 10.3. The maximum absolute atomic E-state index is 10.6. The van der Waals surface area contributed by atoms with Gasteiger partial charge in [0.25, 0.3) is 0 Å². The summed E-state index contributed by atoms with van der Waals surface area (Å²) < 4.78 is 4.17. The molecule has 1 aliphatic carbocycles. The van der Waals surface area contributed by atoms with Gasteiger partial charge < -0.3 is 10.4 Å². The second-order valence-corrected chi connectivity index (χ2v) is 4.19. The van der Waals surface area contributed by atoms with Crippen LogP contribution in [0.5, 0.6) is 0 Å². The van der Waals surface area contributed by atoms with E-state index in [0.717, 1.165) is 18.7 Å². The number of hydrogen-bond donors (Lipinski definition) is 2. The van der Waals surface area contributed by atoms with Crippen molar-refractivity contribution in [3.8, 4) is 0 Å². The number of carboxylic acid groups (broad SMARTS) is 1. The van der Waals surface area contributed by atoms with E-state index >= 15 is 0 Å². The van der Waals surface area contributed by atoms with Crippen LogP contribution >= 0.6 is 11.5 Å². The van der Waals surface area contributed by atoms with E-state index in [1.54, 1.807) is 6.92 Å². The molecule has 1 aromatic rings. The summed E-state index contributed by atoms with van der Waals surface area (Å²) in [5.41, 5.74) is 0. The molecule has 0 amide bonds. The maximum Gasteiger partial charge on any atom is 0.325 e. The maximum atomic E-state index is 10.6. The molecule has 1 aromatic heterocycles. The van der Waals surface area contributed by atoms with Crippen molar-refractivity contribution < 1.29 is 9.90 Å². The number of aliphatic carboxylic acids is 1.